The van der Waals surface area contributed by atoms with Crippen LogP contribution in [0.4, 0.5) is 18.9 Å². The summed E-state index contributed by atoms with van der Waals surface area (Å²) >= 11 is 17.7. The van der Waals surface area contributed by atoms with Gasteiger partial charge in [-0.15, -0.1) is 13.2 Å². The molecule has 0 radical (unpaired) electrons. The fourth-order valence-corrected chi connectivity index (χ4v) is 2.89. The van der Waals surface area contributed by atoms with Gasteiger partial charge >= 0.3 is 6.36 Å². The van der Waals surface area contributed by atoms with Gasteiger partial charge in [-0.3, -0.25) is 10.1 Å². The third-order valence-electron chi connectivity index (χ3n) is 2.68. The van der Waals surface area contributed by atoms with Gasteiger partial charge in [0, 0.05) is 10.6 Å². The van der Waals surface area contributed by atoms with Crippen molar-refractivity contribution in [3.05, 3.63) is 55.5 Å². The van der Waals surface area contributed by atoms with Crippen LogP contribution in [0.3, 0.4) is 0 Å². The fourth-order valence-electron chi connectivity index (χ4n) is 1.87. The molecule has 0 saturated carbocycles. The molecule has 0 unspecified atom stereocenters. The van der Waals surface area contributed by atoms with Crippen LogP contribution < -0.4 is 4.74 Å². The van der Waals surface area contributed by atoms with E-state index >= 15 is 0 Å². The second-order valence-electron chi connectivity index (χ2n) is 4.23. The van der Waals surface area contributed by atoms with Crippen LogP contribution in [0, 0.1) is 10.1 Å². The van der Waals surface area contributed by atoms with Crippen LogP contribution in [-0.4, -0.2) is 11.3 Å². The molecule has 0 bridgehead atoms. The molecule has 0 saturated heterocycles. The second-order valence-corrected chi connectivity index (χ2v) is 5.48. The monoisotopic (exact) mass is 385 g/mol. The number of nitro benzene ring substituents is 1. The molecule has 2 aromatic rings. The summed E-state index contributed by atoms with van der Waals surface area (Å²) in [6.45, 7) is 0. The molecular weight excluding hydrogens is 382 g/mol. The van der Waals surface area contributed by atoms with Crippen molar-refractivity contribution in [1.29, 1.82) is 0 Å². The Bertz CT molecular complexity index is 758. The summed E-state index contributed by atoms with van der Waals surface area (Å²) in [5, 5.41) is 11.4. The first-order valence-electron chi connectivity index (χ1n) is 5.77. The molecule has 0 aliphatic carbocycles. The lowest BCUT2D eigenvalue weighted by molar-refractivity contribution is -0.384. The number of nitrogens with zero attached hydrogens (tertiary/aromatic N) is 1. The van der Waals surface area contributed by atoms with E-state index in [9.17, 15) is 23.3 Å². The molecule has 0 amide bonds. The van der Waals surface area contributed by atoms with Gasteiger partial charge in [0.2, 0.25) is 0 Å². The third-order valence-corrected chi connectivity index (χ3v) is 3.49. The van der Waals surface area contributed by atoms with Gasteiger partial charge in [0.1, 0.15) is 5.75 Å². The first-order chi connectivity index (χ1) is 10.6. The molecule has 2 rings (SSSR count). The van der Waals surface area contributed by atoms with E-state index in [1.165, 1.54) is 12.1 Å². The molecule has 0 aromatic heterocycles. The predicted molar refractivity (Wildman–Crippen MR) is 80.2 cm³/mol. The first kappa shape index (κ1) is 17.7. The number of alkyl halides is 3. The number of rotatable bonds is 3. The van der Waals surface area contributed by atoms with E-state index in [2.05, 4.69) is 4.74 Å². The van der Waals surface area contributed by atoms with Crippen molar-refractivity contribution in [3.63, 3.8) is 0 Å². The summed E-state index contributed by atoms with van der Waals surface area (Å²) in [5.41, 5.74) is -0.614. The van der Waals surface area contributed by atoms with Gasteiger partial charge in [-0.25, -0.2) is 0 Å². The minimum Gasteiger partial charge on any atom is -0.406 e. The molecule has 4 nitrogen and oxygen atoms in total. The molecule has 0 fully saturated rings. The zero-order valence-electron chi connectivity index (χ0n) is 10.8. The molecule has 2 aromatic carbocycles. The van der Waals surface area contributed by atoms with Crippen LogP contribution in [-0.2, 0) is 0 Å². The predicted octanol–water partition coefficient (Wildman–Crippen LogP) is 6.12. The summed E-state index contributed by atoms with van der Waals surface area (Å²) in [7, 11) is 0. The second kappa shape index (κ2) is 6.43. The minimum absolute atomic E-state index is 0.0232. The molecule has 0 atom stereocenters. The topological polar surface area (TPSA) is 52.4 Å². The SMILES string of the molecule is O=[N+]([O-])c1cc(OC(F)(F)F)ccc1-c1c(Cl)cc(Cl)cc1Cl. The van der Waals surface area contributed by atoms with E-state index in [4.69, 9.17) is 34.8 Å². The van der Waals surface area contributed by atoms with Crippen molar-refractivity contribution < 1.29 is 22.8 Å². The standard InChI is InChI=1S/C13H5Cl3F3NO3/c14-6-3-9(15)12(10(16)4-6)8-2-1-7(23-13(17,18)19)5-11(8)20(21)22/h1-5H. The Morgan fingerprint density at radius 2 is 1.61 bits per heavy atom. The van der Waals surface area contributed by atoms with Gasteiger partial charge in [0.25, 0.3) is 5.69 Å². The highest BCUT2D eigenvalue weighted by Gasteiger charge is 2.32. The van der Waals surface area contributed by atoms with E-state index in [1.54, 1.807) is 0 Å². The smallest absolute Gasteiger partial charge is 0.406 e. The average Bonchev–Trinajstić information content (AvgIpc) is 2.36. The van der Waals surface area contributed by atoms with Gasteiger partial charge in [0.15, 0.2) is 0 Å². The lowest BCUT2D eigenvalue weighted by Gasteiger charge is -2.12. The number of benzene rings is 2. The lowest BCUT2D eigenvalue weighted by atomic mass is 10.0. The Kier molecular flexibility index (Phi) is 4.93. The van der Waals surface area contributed by atoms with Crippen molar-refractivity contribution >= 4 is 40.5 Å². The minimum atomic E-state index is -4.97. The number of hydrogen-bond acceptors (Lipinski definition) is 3. The zero-order chi connectivity index (χ0) is 17.4. The largest absolute Gasteiger partial charge is 0.573 e. The van der Waals surface area contributed by atoms with Gasteiger partial charge in [-0.1, -0.05) is 34.8 Å². The Balaban J connectivity index is 2.62. The normalized spacial score (nSPS) is 11.4. The highest BCUT2D eigenvalue weighted by atomic mass is 35.5. The van der Waals surface area contributed by atoms with Gasteiger partial charge in [-0.05, 0) is 24.3 Å². The Morgan fingerprint density at radius 3 is 2.09 bits per heavy atom. The Morgan fingerprint density at radius 1 is 1.04 bits per heavy atom. The molecular formula is C13H5Cl3F3NO3. The molecule has 122 valence electrons. The fraction of sp³-hybridized carbons (Fsp3) is 0.0769. The maximum atomic E-state index is 12.2. The number of hydrogen-bond donors (Lipinski definition) is 0. The number of halogens is 6. The van der Waals surface area contributed by atoms with Crippen molar-refractivity contribution in [1.82, 2.24) is 0 Å². The van der Waals surface area contributed by atoms with Crippen molar-refractivity contribution in [3.8, 4) is 16.9 Å². The molecule has 0 aliphatic rings. The van der Waals surface area contributed by atoms with Crippen molar-refractivity contribution in [2.45, 2.75) is 6.36 Å². The quantitative estimate of drug-likeness (QED) is 0.471. The molecule has 0 spiro atoms. The number of ether oxygens (including phenoxy) is 1. The van der Waals surface area contributed by atoms with E-state index < -0.39 is 22.7 Å². The third kappa shape index (κ3) is 4.19. The van der Waals surface area contributed by atoms with E-state index in [1.807, 2.05) is 0 Å². The van der Waals surface area contributed by atoms with E-state index in [-0.39, 0.29) is 26.2 Å². The summed E-state index contributed by atoms with van der Waals surface area (Å²) in [6, 6.07) is 5.27. The van der Waals surface area contributed by atoms with Crippen molar-refractivity contribution in [2.75, 3.05) is 0 Å². The molecule has 0 aliphatic heterocycles. The lowest BCUT2D eigenvalue weighted by Crippen LogP contribution is -2.17. The molecule has 0 N–H and O–H groups in total. The zero-order valence-corrected chi connectivity index (χ0v) is 13.1. The van der Waals surface area contributed by atoms with Crippen LogP contribution in [0.5, 0.6) is 5.75 Å². The van der Waals surface area contributed by atoms with Crippen LogP contribution in [0.25, 0.3) is 11.1 Å². The van der Waals surface area contributed by atoms with Gasteiger partial charge < -0.3 is 4.74 Å². The first-order valence-corrected chi connectivity index (χ1v) is 6.91. The molecule has 23 heavy (non-hydrogen) atoms. The van der Waals surface area contributed by atoms with E-state index in [0.717, 1.165) is 12.1 Å². The van der Waals surface area contributed by atoms with Crippen LogP contribution in [0.15, 0.2) is 30.3 Å². The van der Waals surface area contributed by atoms with Crippen LogP contribution in [0.2, 0.25) is 15.1 Å². The maximum absolute atomic E-state index is 12.2. The average molecular weight is 387 g/mol. The summed E-state index contributed by atoms with van der Waals surface area (Å²) in [5.74, 6) is -0.728. The van der Waals surface area contributed by atoms with Crippen molar-refractivity contribution in [2.24, 2.45) is 0 Å². The van der Waals surface area contributed by atoms with E-state index in [0.29, 0.717) is 6.07 Å². The molecule has 0 heterocycles. The summed E-state index contributed by atoms with van der Waals surface area (Å²) in [6.07, 6.45) is -4.97. The Hall–Kier alpha value is -1.70. The molecule has 10 heteroatoms. The maximum Gasteiger partial charge on any atom is 0.573 e. The highest BCUT2D eigenvalue weighted by molar-refractivity contribution is 6.42. The van der Waals surface area contributed by atoms with Crippen LogP contribution in [0.1, 0.15) is 0 Å². The summed E-state index contributed by atoms with van der Waals surface area (Å²) < 4.78 is 40.3. The van der Waals surface area contributed by atoms with Crippen LogP contribution >= 0.6 is 34.8 Å². The number of nitro groups is 1. The Labute approximate surface area is 142 Å². The highest BCUT2D eigenvalue weighted by Crippen LogP contribution is 2.42. The van der Waals surface area contributed by atoms with Gasteiger partial charge in [-0.2, -0.15) is 0 Å². The van der Waals surface area contributed by atoms with Gasteiger partial charge in [0.05, 0.1) is 26.6 Å². The summed E-state index contributed by atoms with van der Waals surface area (Å²) in [4.78, 5) is 10.3.